The van der Waals surface area contributed by atoms with E-state index in [0.717, 1.165) is 24.4 Å². The zero-order valence-corrected chi connectivity index (χ0v) is 12.7. The Bertz CT molecular complexity index is 401. The largest absolute Gasteiger partial charge is 0.597 e. The summed E-state index contributed by atoms with van der Waals surface area (Å²) in [5.41, 5.74) is 1.22. The van der Waals surface area contributed by atoms with Crippen molar-refractivity contribution in [3.05, 3.63) is 34.9 Å². The third-order valence-corrected chi connectivity index (χ3v) is 5.36. The lowest BCUT2D eigenvalue weighted by Gasteiger charge is -2.33. The van der Waals surface area contributed by atoms with Gasteiger partial charge in [-0.3, -0.25) is 0 Å². The molecule has 0 aliphatic carbocycles. The predicted molar refractivity (Wildman–Crippen MR) is 78.0 cm³/mol. The van der Waals surface area contributed by atoms with E-state index >= 15 is 0 Å². The van der Waals surface area contributed by atoms with Crippen LogP contribution in [-0.2, 0) is 11.4 Å². The molecule has 0 amide bonds. The van der Waals surface area contributed by atoms with Crippen LogP contribution in [0.3, 0.4) is 0 Å². The quantitative estimate of drug-likeness (QED) is 0.770. The van der Waals surface area contributed by atoms with Crippen molar-refractivity contribution in [3.8, 4) is 0 Å². The van der Waals surface area contributed by atoms with Crippen LogP contribution in [0, 0.1) is 0 Å². The molecule has 1 aromatic carbocycles. The van der Waals surface area contributed by atoms with Gasteiger partial charge in [-0.05, 0) is 51.3 Å². The topological polar surface area (TPSA) is 26.3 Å². The molecule has 1 unspecified atom stereocenters. The van der Waals surface area contributed by atoms with E-state index in [0.29, 0.717) is 0 Å². The fraction of sp³-hybridized carbons (Fsp3) is 0.571. The Labute approximate surface area is 118 Å². The van der Waals surface area contributed by atoms with Gasteiger partial charge in [0, 0.05) is 22.9 Å². The van der Waals surface area contributed by atoms with Crippen LogP contribution in [-0.4, -0.2) is 20.1 Å². The maximum Gasteiger partial charge on any atom is 0.137 e. The smallest absolute Gasteiger partial charge is 0.137 e. The predicted octanol–water partition coefficient (Wildman–Crippen LogP) is 3.94. The highest BCUT2D eigenvalue weighted by Gasteiger charge is 2.40. The number of hydrogen-bond acceptors (Lipinski definition) is 2. The highest BCUT2D eigenvalue weighted by molar-refractivity contribution is 7.90. The molecule has 100 valence electrons. The number of rotatable bonds is 2. The minimum absolute atomic E-state index is 0.199. The molecule has 1 aliphatic heterocycles. The molecule has 4 heteroatoms. The van der Waals surface area contributed by atoms with Gasteiger partial charge in [-0.15, -0.1) is 4.31 Å². The molecule has 1 aliphatic rings. The van der Waals surface area contributed by atoms with Crippen LogP contribution in [0.15, 0.2) is 24.3 Å². The van der Waals surface area contributed by atoms with Crippen molar-refractivity contribution in [1.29, 1.82) is 0 Å². The van der Waals surface area contributed by atoms with Gasteiger partial charge in [-0.2, -0.15) is 0 Å². The Morgan fingerprint density at radius 1 is 1.28 bits per heavy atom. The summed E-state index contributed by atoms with van der Waals surface area (Å²) in [5, 5.41) is 0.750. The summed E-state index contributed by atoms with van der Waals surface area (Å²) in [6.07, 6.45) is 2.18. The average molecular weight is 286 g/mol. The fourth-order valence-electron chi connectivity index (χ4n) is 2.31. The molecule has 0 spiro atoms. The zero-order valence-electron chi connectivity index (χ0n) is 11.1. The van der Waals surface area contributed by atoms with Crippen LogP contribution >= 0.6 is 11.6 Å². The van der Waals surface area contributed by atoms with Crippen molar-refractivity contribution in [2.24, 2.45) is 0 Å². The van der Waals surface area contributed by atoms with E-state index in [2.05, 4.69) is 4.31 Å². The second-order valence-corrected chi connectivity index (χ2v) is 8.34. The molecule has 1 aromatic rings. The van der Waals surface area contributed by atoms with Gasteiger partial charge in [0.25, 0.3) is 0 Å². The molecule has 18 heavy (non-hydrogen) atoms. The molecule has 2 atom stereocenters. The molecule has 0 bridgehead atoms. The van der Waals surface area contributed by atoms with Crippen molar-refractivity contribution in [2.45, 2.75) is 44.4 Å². The molecule has 0 radical (unpaired) electrons. The Morgan fingerprint density at radius 2 is 1.89 bits per heavy atom. The Balaban J connectivity index is 2.20. The summed E-state index contributed by atoms with van der Waals surface area (Å²) in [5.74, 6) is 0. The summed E-state index contributed by atoms with van der Waals surface area (Å²) in [6, 6.07) is 8.18. The second kappa shape index (κ2) is 5.41. The van der Waals surface area contributed by atoms with Crippen molar-refractivity contribution in [3.63, 3.8) is 0 Å². The SMILES string of the molecule is CC(C)(C)[S+]([O-])N1CCC[C@H]1c1ccc(Cl)cc1. The van der Waals surface area contributed by atoms with Gasteiger partial charge < -0.3 is 4.55 Å². The first kappa shape index (κ1) is 14.2. The van der Waals surface area contributed by atoms with Crippen molar-refractivity contribution in [1.82, 2.24) is 4.31 Å². The molecule has 1 saturated heterocycles. The van der Waals surface area contributed by atoms with Crippen LogP contribution in [0.1, 0.15) is 45.2 Å². The third-order valence-electron chi connectivity index (χ3n) is 3.20. The molecule has 1 fully saturated rings. The Kier molecular flexibility index (Phi) is 4.27. The van der Waals surface area contributed by atoms with E-state index in [9.17, 15) is 4.55 Å². The first-order chi connectivity index (χ1) is 8.39. The van der Waals surface area contributed by atoms with E-state index in [1.54, 1.807) is 0 Å². The van der Waals surface area contributed by atoms with Crippen LogP contribution in [0.2, 0.25) is 5.02 Å². The lowest BCUT2D eigenvalue weighted by molar-refractivity contribution is 0.381. The molecule has 1 heterocycles. The zero-order chi connectivity index (χ0) is 13.3. The van der Waals surface area contributed by atoms with E-state index < -0.39 is 11.4 Å². The van der Waals surface area contributed by atoms with E-state index in [1.165, 1.54) is 5.56 Å². The van der Waals surface area contributed by atoms with E-state index in [1.807, 2.05) is 45.0 Å². The summed E-state index contributed by atoms with van der Waals surface area (Å²) in [6.45, 7) is 7.00. The summed E-state index contributed by atoms with van der Waals surface area (Å²) in [7, 11) is 0. The van der Waals surface area contributed by atoms with Crippen LogP contribution in [0.25, 0.3) is 0 Å². The summed E-state index contributed by atoms with van der Waals surface area (Å²) >= 11 is 4.97. The lowest BCUT2D eigenvalue weighted by atomic mass is 10.1. The number of benzene rings is 1. The van der Waals surface area contributed by atoms with Gasteiger partial charge in [-0.1, -0.05) is 23.7 Å². The minimum Gasteiger partial charge on any atom is -0.597 e. The fourth-order valence-corrected chi connectivity index (χ4v) is 3.89. The Hall–Kier alpha value is -0.220. The molecule has 0 aromatic heterocycles. The summed E-state index contributed by atoms with van der Waals surface area (Å²) in [4.78, 5) is 0. The van der Waals surface area contributed by atoms with Crippen LogP contribution < -0.4 is 0 Å². The maximum absolute atomic E-state index is 12.5. The average Bonchev–Trinajstić information content (AvgIpc) is 2.76. The Morgan fingerprint density at radius 3 is 2.44 bits per heavy atom. The molecular formula is C14H20ClNOS. The molecular weight excluding hydrogens is 266 g/mol. The van der Waals surface area contributed by atoms with Gasteiger partial charge in [0.2, 0.25) is 0 Å². The number of nitrogens with zero attached hydrogens (tertiary/aromatic N) is 1. The first-order valence-electron chi connectivity index (χ1n) is 6.34. The molecule has 2 nitrogen and oxygen atoms in total. The number of halogens is 1. The van der Waals surface area contributed by atoms with Gasteiger partial charge in [0.15, 0.2) is 0 Å². The molecule has 0 saturated carbocycles. The van der Waals surface area contributed by atoms with E-state index in [-0.39, 0.29) is 10.8 Å². The lowest BCUT2D eigenvalue weighted by Crippen LogP contribution is -2.42. The van der Waals surface area contributed by atoms with Gasteiger partial charge in [0.05, 0.1) is 6.04 Å². The van der Waals surface area contributed by atoms with Crippen molar-refractivity contribution < 1.29 is 4.55 Å². The van der Waals surface area contributed by atoms with Crippen LogP contribution in [0.5, 0.6) is 0 Å². The second-order valence-electron chi connectivity index (χ2n) is 5.71. The monoisotopic (exact) mass is 285 g/mol. The maximum atomic E-state index is 12.5. The van der Waals surface area contributed by atoms with Gasteiger partial charge in [-0.25, -0.2) is 0 Å². The first-order valence-corrected chi connectivity index (χ1v) is 7.82. The molecule has 0 N–H and O–H groups in total. The highest BCUT2D eigenvalue weighted by Crippen LogP contribution is 2.37. The van der Waals surface area contributed by atoms with Gasteiger partial charge in [0.1, 0.15) is 4.75 Å². The molecule has 2 rings (SSSR count). The van der Waals surface area contributed by atoms with E-state index in [4.69, 9.17) is 11.6 Å². The highest BCUT2D eigenvalue weighted by atomic mass is 35.5. The van der Waals surface area contributed by atoms with Crippen molar-refractivity contribution in [2.75, 3.05) is 6.54 Å². The third kappa shape index (κ3) is 3.02. The van der Waals surface area contributed by atoms with Crippen LogP contribution in [0.4, 0.5) is 0 Å². The standard InChI is InChI=1S/C14H20ClNOS/c1-14(2,3)18(17)16-10-4-5-13(16)11-6-8-12(15)9-7-11/h6-9,13H,4-5,10H2,1-3H3/t13-,18?/m0/s1. The minimum atomic E-state index is -0.948. The van der Waals surface area contributed by atoms with Gasteiger partial charge >= 0.3 is 0 Å². The normalized spacial score (nSPS) is 23.3. The summed E-state index contributed by atoms with van der Waals surface area (Å²) < 4.78 is 14.5. The van der Waals surface area contributed by atoms with Crippen molar-refractivity contribution >= 4 is 23.0 Å². The number of hydrogen-bond donors (Lipinski definition) is 0.